The minimum Gasteiger partial charge on any atom is -0.349 e. The molecule has 0 bridgehead atoms. The van der Waals surface area contributed by atoms with Crippen LogP contribution >= 0.6 is 42.4 Å². The molecule has 0 heterocycles. The highest BCUT2D eigenvalue weighted by Gasteiger charge is 2.40. The zero-order valence-corrected chi connectivity index (χ0v) is 24.6. The Morgan fingerprint density at radius 3 is 2.22 bits per heavy atom. The summed E-state index contributed by atoms with van der Waals surface area (Å²) in [6.07, 6.45) is 8.19. The van der Waals surface area contributed by atoms with Gasteiger partial charge in [0.25, 0.3) is 0 Å². The first kappa shape index (κ1) is 31.8. The van der Waals surface area contributed by atoms with Crippen molar-refractivity contribution >= 4 is 53.4 Å². The van der Waals surface area contributed by atoms with Crippen molar-refractivity contribution in [2.24, 2.45) is 0 Å². The van der Waals surface area contributed by atoms with Crippen LogP contribution in [0, 0.1) is 0 Å². The molecule has 0 aromatic rings. The average molecular weight is 525 g/mol. The van der Waals surface area contributed by atoms with Crippen molar-refractivity contribution in [3.63, 3.8) is 0 Å². The fourth-order valence-corrected chi connectivity index (χ4v) is 10.5. The fourth-order valence-electron chi connectivity index (χ4n) is 3.11. The van der Waals surface area contributed by atoms with E-state index in [4.69, 9.17) is 12.2 Å². The second kappa shape index (κ2) is 17.3. The van der Waals surface area contributed by atoms with E-state index in [2.05, 4.69) is 50.4 Å². The molecule has 0 spiro atoms. The largest absolute Gasteiger partial charge is 0.349 e. The number of carbonyl (C=O) groups excluding carboxylic acids is 1. The molecule has 0 fully saturated rings. The van der Waals surface area contributed by atoms with E-state index in [-0.39, 0.29) is 17.6 Å². The van der Waals surface area contributed by atoms with Gasteiger partial charge in [-0.2, -0.15) is 4.08 Å². The maximum absolute atomic E-state index is 14.3. The monoisotopic (exact) mass is 524 g/mol. The van der Waals surface area contributed by atoms with E-state index in [1.54, 1.807) is 17.2 Å². The van der Waals surface area contributed by atoms with E-state index < -0.39 is 6.65 Å². The third kappa shape index (κ3) is 10.4. The lowest BCUT2D eigenvalue weighted by atomic mass is 10.2. The number of hydrogen-bond acceptors (Lipinski definition) is 5. The van der Waals surface area contributed by atoms with Gasteiger partial charge >= 0.3 is 6.65 Å². The Morgan fingerprint density at radius 1 is 1.09 bits per heavy atom. The van der Waals surface area contributed by atoms with E-state index >= 15 is 0 Å². The molecule has 10 heteroatoms. The minimum absolute atomic E-state index is 0.167. The molecular weight excluding hydrogens is 479 g/mol. The second-order valence-electron chi connectivity index (χ2n) is 7.77. The average Bonchev–Trinajstić information content (AvgIpc) is 2.75. The van der Waals surface area contributed by atoms with Crippen LogP contribution in [0.4, 0.5) is 0 Å². The molecule has 0 saturated carbocycles. The lowest BCUT2D eigenvalue weighted by molar-refractivity contribution is -0.124. The second-order valence-corrected chi connectivity index (χ2v) is 14.8. The minimum atomic E-state index is -3.23. The third-order valence-electron chi connectivity index (χ3n) is 5.11. The van der Waals surface area contributed by atoms with Crippen LogP contribution in [0.25, 0.3) is 0 Å². The van der Waals surface area contributed by atoms with E-state index in [0.29, 0.717) is 0 Å². The van der Waals surface area contributed by atoms with Crippen molar-refractivity contribution in [1.29, 1.82) is 0 Å². The first-order valence-electron chi connectivity index (χ1n) is 11.8. The van der Waals surface area contributed by atoms with E-state index in [9.17, 15) is 9.36 Å². The van der Waals surface area contributed by atoms with Crippen LogP contribution in [0.15, 0.2) is 12.7 Å². The SMILES string of the molecule is C=CCC(=O)N(C)P(=O)(SC(C)CCC)N(C)SN(CCCCCC)C(=S)N(CC)CC. The topological polar surface area (TPSA) is 47.1 Å². The van der Waals surface area contributed by atoms with Crippen molar-refractivity contribution in [3.05, 3.63) is 12.7 Å². The zero-order valence-electron chi connectivity index (χ0n) is 21.2. The van der Waals surface area contributed by atoms with Gasteiger partial charge in [0.2, 0.25) is 5.91 Å². The van der Waals surface area contributed by atoms with Gasteiger partial charge in [0, 0.05) is 45.4 Å². The summed E-state index contributed by atoms with van der Waals surface area (Å²) in [4.78, 5) is 14.8. The van der Waals surface area contributed by atoms with Crippen molar-refractivity contribution in [1.82, 2.24) is 18.0 Å². The number of unbranched alkanes of at least 4 members (excludes halogenated alkanes) is 3. The summed E-state index contributed by atoms with van der Waals surface area (Å²) >= 11 is 8.59. The molecule has 188 valence electrons. The molecule has 0 radical (unpaired) electrons. The normalized spacial score (nSPS) is 14.0. The van der Waals surface area contributed by atoms with Crippen LogP contribution in [-0.2, 0) is 9.36 Å². The van der Waals surface area contributed by atoms with E-state index in [1.807, 2.05) is 7.05 Å². The molecular formula is C22H45N4O2PS3. The van der Waals surface area contributed by atoms with Gasteiger partial charge in [-0.25, -0.2) is 0 Å². The van der Waals surface area contributed by atoms with Crippen molar-refractivity contribution in [2.45, 2.75) is 84.8 Å². The Morgan fingerprint density at radius 2 is 1.72 bits per heavy atom. The van der Waals surface area contributed by atoms with Crippen LogP contribution in [0.1, 0.15) is 79.6 Å². The Hall–Kier alpha value is -0.210. The third-order valence-corrected chi connectivity index (χ3v) is 13.6. The molecule has 2 unspecified atom stereocenters. The van der Waals surface area contributed by atoms with Crippen LogP contribution in [0.3, 0.4) is 0 Å². The van der Waals surface area contributed by atoms with Gasteiger partial charge in [0.15, 0.2) is 5.11 Å². The molecule has 0 saturated heterocycles. The van der Waals surface area contributed by atoms with Crippen LogP contribution in [0.5, 0.6) is 0 Å². The fraction of sp³-hybridized carbons (Fsp3) is 0.818. The first-order valence-corrected chi connectivity index (χ1v) is 16.0. The number of rotatable bonds is 17. The smallest absolute Gasteiger partial charge is 0.307 e. The Kier molecular flexibility index (Phi) is 17.1. The Balaban J connectivity index is 5.81. The van der Waals surface area contributed by atoms with Gasteiger partial charge < -0.3 is 4.90 Å². The molecule has 0 aromatic heterocycles. The quantitative estimate of drug-likeness (QED) is 0.0659. The lowest BCUT2D eigenvalue weighted by Gasteiger charge is -2.39. The summed E-state index contributed by atoms with van der Waals surface area (Å²) in [6.45, 7) is 13.4. The van der Waals surface area contributed by atoms with E-state index in [1.165, 1.54) is 41.0 Å². The summed E-state index contributed by atoms with van der Waals surface area (Å²) < 4.78 is 19.6. The van der Waals surface area contributed by atoms with Gasteiger partial charge in [-0.3, -0.25) is 18.3 Å². The number of thiocarbonyl (C=S) groups is 1. The maximum atomic E-state index is 14.3. The van der Waals surface area contributed by atoms with Gasteiger partial charge in [0.1, 0.15) is 0 Å². The summed E-state index contributed by atoms with van der Waals surface area (Å²) in [5.41, 5.74) is 0. The first-order chi connectivity index (χ1) is 15.1. The molecule has 0 aromatic carbocycles. The van der Waals surface area contributed by atoms with Crippen LogP contribution < -0.4 is 0 Å². The Bertz CT molecular complexity index is 620. The Labute approximate surface area is 211 Å². The summed E-state index contributed by atoms with van der Waals surface area (Å²) in [6, 6.07) is 0. The van der Waals surface area contributed by atoms with Gasteiger partial charge in [-0.05, 0) is 38.9 Å². The molecule has 1 amide bonds. The molecule has 6 nitrogen and oxygen atoms in total. The predicted molar refractivity (Wildman–Crippen MR) is 149 cm³/mol. The number of hydrogen-bond donors (Lipinski definition) is 0. The molecule has 0 aliphatic rings. The predicted octanol–water partition coefficient (Wildman–Crippen LogP) is 7.05. The van der Waals surface area contributed by atoms with Gasteiger partial charge in [-0.1, -0.05) is 63.9 Å². The highest BCUT2D eigenvalue weighted by molar-refractivity contribution is 8.58. The van der Waals surface area contributed by atoms with Crippen LogP contribution in [0.2, 0.25) is 0 Å². The van der Waals surface area contributed by atoms with Gasteiger partial charge in [0.05, 0.1) is 12.1 Å². The molecule has 32 heavy (non-hydrogen) atoms. The van der Waals surface area contributed by atoms with Crippen LogP contribution in [-0.4, -0.2) is 68.0 Å². The number of nitrogens with zero attached hydrogens (tertiary/aromatic N) is 4. The summed E-state index contributed by atoms with van der Waals surface area (Å²) in [5.74, 6) is -0.187. The molecule has 0 rings (SSSR count). The lowest BCUT2D eigenvalue weighted by Crippen LogP contribution is -2.41. The summed E-state index contributed by atoms with van der Waals surface area (Å²) in [5, 5.41) is 0.919. The molecule has 2 atom stereocenters. The van der Waals surface area contributed by atoms with Crippen molar-refractivity contribution < 1.29 is 9.36 Å². The molecule has 0 aliphatic carbocycles. The molecule has 0 aliphatic heterocycles. The number of amides is 1. The molecule has 0 N–H and O–H groups in total. The van der Waals surface area contributed by atoms with Gasteiger partial charge in [-0.15, -0.1) is 6.58 Å². The van der Waals surface area contributed by atoms with Crippen molar-refractivity contribution in [3.8, 4) is 0 Å². The standard InChI is InChI=1S/C22H45N4O2PS3/c1-9-14-15-16-19-26(22(30)25(12-4)13-5)32-24(8)29(28,31-20(6)17-10-2)23(7)21(27)18-11-3/h11,20H,3,9-10,12-19H2,1-2,4-8H3. The number of carbonyl (C=O) groups is 1. The highest BCUT2D eigenvalue weighted by Crippen LogP contribution is 2.67. The highest BCUT2D eigenvalue weighted by atomic mass is 32.7. The maximum Gasteiger partial charge on any atom is 0.307 e. The van der Waals surface area contributed by atoms with Crippen molar-refractivity contribution in [2.75, 3.05) is 33.7 Å². The summed E-state index contributed by atoms with van der Waals surface area (Å²) in [7, 11) is 3.46. The zero-order chi connectivity index (χ0) is 24.7. The van der Waals surface area contributed by atoms with E-state index in [0.717, 1.165) is 50.4 Å².